The van der Waals surface area contributed by atoms with E-state index in [-0.39, 0.29) is 23.5 Å². The molecule has 92 valence electrons. The summed E-state index contributed by atoms with van der Waals surface area (Å²) in [6.07, 6.45) is 0.178. The molecule has 0 aliphatic carbocycles. The van der Waals surface area contributed by atoms with Gasteiger partial charge in [-0.05, 0) is 24.6 Å². The van der Waals surface area contributed by atoms with Crippen LogP contribution in [0.25, 0.3) is 0 Å². The largest absolute Gasteiger partial charge is 0.294 e. The first-order valence-electron chi connectivity index (χ1n) is 5.09. The molecule has 1 unspecified atom stereocenters. The molecule has 0 saturated carbocycles. The Balaban J connectivity index is 2.29. The highest BCUT2D eigenvalue weighted by Gasteiger charge is 2.34. The van der Waals surface area contributed by atoms with Crippen molar-refractivity contribution >= 4 is 15.6 Å². The zero-order chi connectivity index (χ0) is 12.6. The van der Waals surface area contributed by atoms with Gasteiger partial charge in [-0.3, -0.25) is 4.79 Å². The predicted molar refractivity (Wildman–Crippen MR) is 57.4 cm³/mol. The van der Waals surface area contributed by atoms with Gasteiger partial charge in [-0.2, -0.15) is 0 Å². The molecule has 1 atom stereocenters. The lowest BCUT2D eigenvalue weighted by Gasteiger charge is -2.07. The summed E-state index contributed by atoms with van der Waals surface area (Å²) in [5.41, 5.74) is -0.368. The highest BCUT2D eigenvalue weighted by atomic mass is 32.2. The van der Waals surface area contributed by atoms with Crippen LogP contribution in [0.15, 0.2) is 18.2 Å². The van der Waals surface area contributed by atoms with Crippen LogP contribution >= 0.6 is 0 Å². The van der Waals surface area contributed by atoms with Crippen LogP contribution in [0.3, 0.4) is 0 Å². The average molecular weight is 260 g/mol. The van der Waals surface area contributed by atoms with Gasteiger partial charge in [0.05, 0.1) is 17.1 Å². The van der Waals surface area contributed by atoms with E-state index in [0.29, 0.717) is 0 Å². The molecule has 0 spiro atoms. The van der Waals surface area contributed by atoms with E-state index in [1.165, 1.54) is 0 Å². The van der Waals surface area contributed by atoms with Crippen molar-refractivity contribution in [2.24, 2.45) is 5.92 Å². The van der Waals surface area contributed by atoms with Crippen molar-refractivity contribution in [3.05, 3.63) is 35.4 Å². The van der Waals surface area contributed by atoms with Crippen molar-refractivity contribution in [1.29, 1.82) is 0 Å². The van der Waals surface area contributed by atoms with E-state index >= 15 is 0 Å². The average Bonchev–Trinajstić information content (AvgIpc) is 2.61. The summed E-state index contributed by atoms with van der Waals surface area (Å²) in [5, 5.41) is 0. The third-order valence-corrected chi connectivity index (χ3v) is 4.57. The molecule has 3 nitrogen and oxygen atoms in total. The van der Waals surface area contributed by atoms with Crippen LogP contribution in [-0.4, -0.2) is 25.7 Å². The van der Waals surface area contributed by atoms with Crippen molar-refractivity contribution in [2.75, 3.05) is 11.5 Å². The number of hydrogen-bond acceptors (Lipinski definition) is 3. The summed E-state index contributed by atoms with van der Waals surface area (Å²) in [6.45, 7) is 0. The molecule has 0 aromatic heterocycles. The van der Waals surface area contributed by atoms with E-state index in [1.54, 1.807) is 0 Å². The number of carbonyl (C=O) groups excluding carboxylic acids is 1. The molecular weight excluding hydrogens is 250 g/mol. The normalized spacial score (nSPS) is 22.6. The number of ketones is 1. The number of sulfone groups is 1. The molecule has 1 aromatic rings. The summed E-state index contributed by atoms with van der Waals surface area (Å²) >= 11 is 0. The van der Waals surface area contributed by atoms with Crippen LogP contribution in [0.5, 0.6) is 0 Å². The molecule has 1 aromatic carbocycles. The summed E-state index contributed by atoms with van der Waals surface area (Å²) in [6, 6.07) is 2.59. The minimum atomic E-state index is -3.21. The van der Waals surface area contributed by atoms with E-state index in [9.17, 15) is 22.0 Å². The maximum Gasteiger partial charge on any atom is 0.170 e. The lowest BCUT2D eigenvalue weighted by molar-refractivity contribution is 0.0928. The minimum Gasteiger partial charge on any atom is -0.294 e. The molecule has 17 heavy (non-hydrogen) atoms. The number of benzene rings is 1. The molecule has 1 fully saturated rings. The summed E-state index contributed by atoms with van der Waals surface area (Å²) < 4.78 is 48.7. The molecular formula is C11H10F2O3S. The van der Waals surface area contributed by atoms with Gasteiger partial charge in [0.2, 0.25) is 0 Å². The highest BCUT2D eigenvalue weighted by molar-refractivity contribution is 7.91. The lowest BCUT2D eigenvalue weighted by atomic mass is 9.97. The van der Waals surface area contributed by atoms with Crippen LogP contribution in [-0.2, 0) is 9.84 Å². The van der Waals surface area contributed by atoms with Gasteiger partial charge in [0.15, 0.2) is 15.6 Å². The smallest absolute Gasteiger partial charge is 0.170 e. The quantitative estimate of drug-likeness (QED) is 0.759. The standard InChI is InChI=1S/C11H10F2O3S/c12-8-1-2-10(13)9(5-8)11(14)7-3-4-17(15,16)6-7/h1-2,5,7H,3-4,6H2. The first-order valence-corrected chi connectivity index (χ1v) is 6.91. The number of carbonyl (C=O) groups is 1. The second-order valence-corrected chi connectivity index (χ2v) is 6.32. The Hall–Kier alpha value is -1.30. The molecule has 1 heterocycles. The first kappa shape index (κ1) is 12.2. The van der Waals surface area contributed by atoms with Crippen molar-refractivity contribution in [1.82, 2.24) is 0 Å². The second kappa shape index (κ2) is 4.18. The molecule has 1 aliphatic rings. The van der Waals surface area contributed by atoms with Crippen molar-refractivity contribution in [3.8, 4) is 0 Å². The molecule has 6 heteroatoms. The zero-order valence-electron chi connectivity index (χ0n) is 8.82. The fraction of sp³-hybridized carbons (Fsp3) is 0.364. The number of rotatable bonds is 2. The van der Waals surface area contributed by atoms with Crippen LogP contribution in [0.1, 0.15) is 16.8 Å². The van der Waals surface area contributed by atoms with E-state index < -0.39 is 33.2 Å². The number of Topliss-reactive ketones (excluding diaryl/α,β-unsaturated/α-hetero) is 1. The number of halogens is 2. The van der Waals surface area contributed by atoms with Crippen molar-refractivity contribution < 1.29 is 22.0 Å². The summed E-state index contributed by atoms with van der Waals surface area (Å²) in [4.78, 5) is 11.8. The van der Waals surface area contributed by atoms with Gasteiger partial charge < -0.3 is 0 Å². The Labute approximate surface area is 97.4 Å². The van der Waals surface area contributed by atoms with Crippen LogP contribution in [0, 0.1) is 17.6 Å². The van der Waals surface area contributed by atoms with Crippen LogP contribution < -0.4 is 0 Å². The Bertz CT molecular complexity index is 566. The molecule has 0 bridgehead atoms. The van der Waals surface area contributed by atoms with E-state index in [4.69, 9.17) is 0 Å². The monoisotopic (exact) mass is 260 g/mol. The van der Waals surface area contributed by atoms with E-state index in [0.717, 1.165) is 18.2 Å². The fourth-order valence-corrected chi connectivity index (χ4v) is 3.65. The Kier molecular flexibility index (Phi) is 2.99. The maximum atomic E-state index is 13.3. The molecule has 0 N–H and O–H groups in total. The second-order valence-electron chi connectivity index (χ2n) is 4.09. The van der Waals surface area contributed by atoms with Gasteiger partial charge in [0.1, 0.15) is 11.6 Å². The number of hydrogen-bond donors (Lipinski definition) is 0. The van der Waals surface area contributed by atoms with Gasteiger partial charge in [0.25, 0.3) is 0 Å². The fourth-order valence-electron chi connectivity index (χ4n) is 1.91. The van der Waals surface area contributed by atoms with E-state index in [1.807, 2.05) is 0 Å². The SMILES string of the molecule is O=C(c1cc(F)ccc1F)C1CCS(=O)(=O)C1. The minimum absolute atomic E-state index is 0.0691. The Morgan fingerprint density at radius 2 is 2.00 bits per heavy atom. The van der Waals surface area contributed by atoms with Crippen molar-refractivity contribution in [3.63, 3.8) is 0 Å². The Morgan fingerprint density at radius 3 is 2.59 bits per heavy atom. The van der Waals surface area contributed by atoms with Gasteiger partial charge in [0, 0.05) is 5.92 Å². The zero-order valence-corrected chi connectivity index (χ0v) is 9.64. The predicted octanol–water partition coefficient (Wildman–Crippen LogP) is 1.58. The van der Waals surface area contributed by atoms with Crippen molar-refractivity contribution in [2.45, 2.75) is 6.42 Å². The molecule has 1 aliphatic heterocycles. The van der Waals surface area contributed by atoms with Crippen LogP contribution in [0.2, 0.25) is 0 Å². The van der Waals surface area contributed by atoms with Gasteiger partial charge in [-0.15, -0.1) is 0 Å². The molecule has 0 radical (unpaired) electrons. The molecule has 0 amide bonds. The summed E-state index contributed by atoms with van der Waals surface area (Å²) in [7, 11) is -3.21. The van der Waals surface area contributed by atoms with Gasteiger partial charge in [-0.1, -0.05) is 0 Å². The highest BCUT2D eigenvalue weighted by Crippen LogP contribution is 2.24. The van der Waals surface area contributed by atoms with E-state index in [2.05, 4.69) is 0 Å². The first-order chi connectivity index (χ1) is 7.89. The lowest BCUT2D eigenvalue weighted by Crippen LogP contribution is -2.17. The third-order valence-electron chi connectivity index (χ3n) is 2.80. The maximum absolute atomic E-state index is 13.3. The summed E-state index contributed by atoms with van der Waals surface area (Å²) in [5.74, 6) is -3.27. The molecule has 1 saturated heterocycles. The van der Waals surface area contributed by atoms with Gasteiger partial charge >= 0.3 is 0 Å². The van der Waals surface area contributed by atoms with Crippen LogP contribution in [0.4, 0.5) is 8.78 Å². The third kappa shape index (κ3) is 2.52. The topological polar surface area (TPSA) is 51.2 Å². The molecule has 2 rings (SSSR count). The van der Waals surface area contributed by atoms with Gasteiger partial charge in [-0.25, -0.2) is 17.2 Å². The Morgan fingerprint density at radius 1 is 1.29 bits per heavy atom.